The second-order valence-corrected chi connectivity index (χ2v) is 13.1. The number of benzene rings is 1. The third kappa shape index (κ3) is 3.33. The first kappa shape index (κ1) is 22.7. The van der Waals surface area contributed by atoms with Crippen LogP contribution in [0.1, 0.15) is 143 Å². The van der Waals surface area contributed by atoms with Crippen LogP contribution in [0.3, 0.4) is 0 Å². The van der Waals surface area contributed by atoms with Crippen LogP contribution in [-0.4, -0.2) is 10.1 Å². The van der Waals surface area contributed by atoms with Crippen molar-refractivity contribution in [2.75, 3.05) is 0 Å². The Morgan fingerprint density at radius 2 is 1.65 bits per heavy atom. The van der Waals surface area contributed by atoms with Crippen LogP contribution in [0.15, 0.2) is 24.3 Å². The Labute approximate surface area is 205 Å². The molecule has 0 bridgehead atoms. The van der Waals surface area contributed by atoms with E-state index in [1.54, 1.807) is 0 Å². The van der Waals surface area contributed by atoms with Crippen molar-refractivity contribution in [3.8, 4) is 0 Å². The lowest BCUT2D eigenvalue weighted by molar-refractivity contribution is -0.0586. The van der Waals surface area contributed by atoms with Gasteiger partial charge in [0.2, 0.25) is 0 Å². The van der Waals surface area contributed by atoms with Crippen molar-refractivity contribution in [1.29, 1.82) is 0 Å². The summed E-state index contributed by atoms with van der Waals surface area (Å²) in [6.07, 6.45) is 9.72. The number of fused-ring (bicyclic) bond motifs is 4. The van der Waals surface area contributed by atoms with E-state index in [9.17, 15) is 5.11 Å². The van der Waals surface area contributed by atoms with Gasteiger partial charge in [-0.15, -0.1) is 0 Å². The van der Waals surface area contributed by atoms with Crippen LogP contribution in [-0.2, 0) is 22.2 Å². The molecule has 3 heteroatoms. The molecule has 6 rings (SSSR count). The summed E-state index contributed by atoms with van der Waals surface area (Å²) in [5.41, 5.74) is 8.87. The molecular weight excluding hydrogens is 418 g/mol. The molecule has 1 aromatic heterocycles. The molecule has 1 aliphatic heterocycles. The molecule has 2 fully saturated rings. The van der Waals surface area contributed by atoms with E-state index < -0.39 is 6.10 Å². The van der Waals surface area contributed by atoms with Crippen molar-refractivity contribution >= 4 is 0 Å². The second kappa shape index (κ2) is 7.64. The molecule has 2 spiro atoms. The van der Waals surface area contributed by atoms with E-state index in [0.717, 1.165) is 31.2 Å². The number of rotatable bonds is 2. The first-order valence-corrected chi connectivity index (χ1v) is 13.7. The summed E-state index contributed by atoms with van der Waals surface area (Å²) in [5, 5.41) is 11.6. The maximum atomic E-state index is 11.6. The zero-order valence-electron chi connectivity index (χ0n) is 21.7. The van der Waals surface area contributed by atoms with Gasteiger partial charge in [0.15, 0.2) is 0 Å². The van der Waals surface area contributed by atoms with Crippen LogP contribution in [0.2, 0.25) is 0 Å². The molecule has 4 aliphatic rings. The Hall–Kier alpha value is -1.71. The molecule has 2 aromatic rings. The van der Waals surface area contributed by atoms with Crippen molar-refractivity contribution in [1.82, 2.24) is 4.98 Å². The van der Waals surface area contributed by atoms with Gasteiger partial charge < -0.3 is 9.84 Å². The molecule has 2 saturated carbocycles. The third-order valence-corrected chi connectivity index (χ3v) is 9.40. The molecule has 1 N–H and O–H groups in total. The van der Waals surface area contributed by atoms with Gasteiger partial charge in [-0.2, -0.15) is 0 Å². The van der Waals surface area contributed by atoms with Gasteiger partial charge >= 0.3 is 0 Å². The van der Waals surface area contributed by atoms with Gasteiger partial charge in [-0.25, -0.2) is 0 Å². The normalized spacial score (nSPS) is 26.7. The molecule has 0 saturated heterocycles. The molecule has 0 amide bonds. The average Bonchev–Trinajstić information content (AvgIpc) is 3.37. The Kier molecular flexibility index (Phi) is 5.11. The van der Waals surface area contributed by atoms with E-state index in [1.807, 2.05) is 0 Å². The molecule has 34 heavy (non-hydrogen) atoms. The highest BCUT2D eigenvalue weighted by Crippen LogP contribution is 2.61. The second-order valence-electron chi connectivity index (χ2n) is 13.1. The topological polar surface area (TPSA) is 42.4 Å². The van der Waals surface area contributed by atoms with Crippen LogP contribution in [0.5, 0.6) is 0 Å². The van der Waals surface area contributed by atoms with E-state index in [0.29, 0.717) is 5.92 Å². The smallest absolute Gasteiger partial charge is 0.111 e. The third-order valence-electron chi connectivity index (χ3n) is 9.40. The fraction of sp³-hybridized carbons (Fsp3) is 0.645. The Morgan fingerprint density at radius 1 is 0.971 bits per heavy atom. The van der Waals surface area contributed by atoms with Crippen LogP contribution in [0.4, 0.5) is 0 Å². The van der Waals surface area contributed by atoms with Gasteiger partial charge in [-0.1, -0.05) is 78.1 Å². The van der Waals surface area contributed by atoms with E-state index in [2.05, 4.69) is 58.9 Å². The minimum absolute atomic E-state index is 0.0934. The number of aromatic nitrogens is 1. The maximum absolute atomic E-state index is 11.6. The lowest BCUT2D eigenvalue weighted by atomic mass is 9.59. The molecule has 0 unspecified atom stereocenters. The van der Waals surface area contributed by atoms with E-state index >= 15 is 0 Å². The van der Waals surface area contributed by atoms with Crippen LogP contribution in [0.25, 0.3) is 0 Å². The van der Waals surface area contributed by atoms with Crippen molar-refractivity contribution in [2.24, 2.45) is 5.41 Å². The van der Waals surface area contributed by atoms with Crippen LogP contribution in [0, 0.1) is 5.41 Å². The molecule has 2 heterocycles. The molecule has 2 atom stereocenters. The molecule has 182 valence electrons. The summed E-state index contributed by atoms with van der Waals surface area (Å²) in [5.74, 6) is 0.326. The van der Waals surface area contributed by atoms with Gasteiger partial charge in [-0.3, -0.25) is 4.98 Å². The molecule has 3 nitrogen and oxygen atoms in total. The first-order chi connectivity index (χ1) is 16.1. The molecular formula is C31H41NO2. The number of pyridine rings is 1. The van der Waals surface area contributed by atoms with Gasteiger partial charge in [0.25, 0.3) is 0 Å². The van der Waals surface area contributed by atoms with Crippen LogP contribution < -0.4 is 0 Å². The standard InChI is InChI=1S/C31H41NO2/c1-19(2)27-25-26(24-22(32-27)17-30(13-8-14-30)18-23(24)33)31(15-6-7-16-31)34-28(25)20-9-11-21(12-10-20)29(3,4)5/h9-12,19,23,28,33H,6-8,13-18H2,1-5H3/t23-,28+/m0/s1. The number of hydrogen-bond acceptors (Lipinski definition) is 3. The predicted molar refractivity (Wildman–Crippen MR) is 136 cm³/mol. The lowest BCUT2D eigenvalue weighted by Gasteiger charge is -2.47. The molecule has 1 aromatic carbocycles. The highest BCUT2D eigenvalue weighted by atomic mass is 16.5. The Morgan fingerprint density at radius 3 is 2.21 bits per heavy atom. The number of aliphatic hydroxyl groups excluding tert-OH is 1. The Bertz CT molecular complexity index is 1100. The van der Waals surface area contributed by atoms with Gasteiger partial charge in [0, 0.05) is 22.5 Å². The SMILES string of the molecule is CC(C)c1nc2c(c3c1[C@@H](c1ccc(C(C)(C)C)cc1)OC31CCCC1)[C@@H](O)CC1(CCC1)C2. The summed E-state index contributed by atoms with van der Waals surface area (Å²) < 4.78 is 7.14. The summed E-state index contributed by atoms with van der Waals surface area (Å²) in [6.45, 7) is 11.3. The van der Waals surface area contributed by atoms with E-state index in [4.69, 9.17) is 9.72 Å². The van der Waals surface area contributed by atoms with Gasteiger partial charge in [0.1, 0.15) is 6.10 Å². The van der Waals surface area contributed by atoms with Crippen molar-refractivity contribution in [3.63, 3.8) is 0 Å². The number of hydrogen-bond donors (Lipinski definition) is 1. The first-order valence-electron chi connectivity index (χ1n) is 13.7. The highest BCUT2D eigenvalue weighted by Gasteiger charge is 2.54. The van der Waals surface area contributed by atoms with Crippen molar-refractivity contribution < 1.29 is 9.84 Å². The zero-order valence-corrected chi connectivity index (χ0v) is 21.7. The minimum Gasteiger partial charge on any atom is -0.388 e. The summed E-state index contributed by atoms with van der Waals surface area (Å²) >= 11 is 0. The maximum Gasteiger partial charge on any atom is 0.111 e. The van der Waals surface area contributed by atoms with E-state index in [1.165, 1.54) is 65.7 Å². The fourth-order valence-corrected chi connectivity index (χ4v) is 7.42. The number of nitrogens with zero attached hydrogens (tertiary/aromatic N) is 1. The van der Waals surface area contributed by atoms with Crippen molar-refractivity contribution in [3.05, 3.63) is 63.5 Å². The Balaban J connectivity index is 1.54. The van der Waals surface area contributed by atoms with Crippen molar-refractivity contribution in [2.45, 2.75) is 122 Å². The highest BCUT2D eigenvalue weighted by molar-refractivity contribution is 5.54. The zero-order chi connectivity index (χ0) is 23.9. The minimum atomic E-state index is -0.408. The van der Waals surface area contributed by atoms with Gasteiger partial charge in [0.05, 0.1) is 11.7 Å². The number of ether oxygens (including phenoxy) is 1. The van der Waals surface area contributed by atoms with Gasteiger partial charge in [-0.05, 0) is 72.0 Å². The summed E-state index contributed by atoms with van der Waals surface area (Å²) in [4.78, 5) is 5.36. The van der Waals surface area contributed by atoms with E-state index in [-0.39, 0.29) is 22.5 Å². The molecule has 0 radical (unpaired) electrons. The molecule has 3 aliphatic carbocycles. The predicted octanol–water partition coefficient (Wildman–Crippen LogP) is 7.54. The largest absolute Gasteiger partial charge is 0.388 e. The average molecular weight is 460 g/mol. The fourth-order valence-electron chi connectivity index (χ4n) is 7.42. The monoisotopic (exact) mass is 459 g/mol. The van der Waals surface area contributed by atoms with Crippen LogP contribution >= 0.6 is 0 Å². The lowest BCUT2D eigenvalue weighted by Crippen LogP contribution is -2.39. The summed E-state index contributed by atoms with van der Waals surface area (Å²) in [6, 6.07) is 9.08. The summed E-state index contributed by atoms with van der Waals surface area (Å²) in [7, 11) is 0. The quantitative estimate of drug-likeness (QED) is 0.504. The number of aliphatic hydroxyl groups is 1.